The Morgan fingerprint density at radius 3 is 2.47 bits per heavy atom. The molecule has 0 unspecified atom stereocenters. The first-order chi connectivity index (χ1) is 6.98. The number of pyridine rings is 1. The van der Waals surface area contributed by atoms with Gasteiger partial charge in [-0.3, -0.25) is 0 Å². The van der Waals surface area contributed by atoms with E-state index in [1.165, 1.54) is 6.07 Å². The first kappa shape index (κ1) is 9.76. The summed E-state index contributed by atoms with van der Waals surface area (Å²) in [6.07, 6.45) is -4.63. The van der Waals surface area contributed by atoms with Gasteiger partial charge >= 0.3 is 6.18 Å². The summed E-state index contributed by atoms with van der Waals surface area (Å²) in [5.41, 5.74) is -1.04. The average Bonchev–Trinajstić information content (AvgIpc) is 2.15. The van der Waals surface area contributed by atoms with Crippen molar-refractivity contribution in [3.63, 3.8) is 0 Å². The molecule has 5 heteroatoms. The molecule has 78 valence electrons. The molecule has 2 rings (SSSR count). The van der Waals surface area contributed by atoms with E-state index < -0.39 is 17.6 Å². The van der Waals surface area contributed by atoms with Crippen LogP contribution in [0.2, 0.25) is 0 Å². The summed E-state index contributed by atoms with van der Waals surface area (Å²) >= 11 is 0. The van der Waals surface area contributed by atoms with E-state index in [0.717, 1.165) is 6.07 Å². The Morgan fingerprint density at radius 2 is 1.80 bits per heavy atom. The largest absolute Gasteiger partial charge is 0.506 e. The summed E-state index contributed by atoms with van der Waals surface area (Å²) in [5.74, 6) is -0.846. The molecule has 1 aromatic carbocycles. The van der Waals surface area contributed by atoms with Gasteiger partial charge in [-0.25, -0.2) is 4.98 Å². The Hall–Kier alpha value is -1.78. The van der Waals surface area contributed by atoms with Crippen molar-refractivity contribution < 1.29 is 18.3 Å². The molecule has 1 heterocycles. The summed E-state index contributed by atoms with van der Waals surface area (Å²) in [6, 6.07) is 7.36. The molecule has 0 atom stereocenters. The third kappa shape index (κ3) is 1.72. The molecule has 0 fully saturated rings. The monoisotopic (exact) mass is 213 g/mol. The van der Waals surface area contributed by atoms with Crippen molar-refractivity contribution in [2.75, 3.05) is 0 Å². The minimum absolute atomic E-state index is 0.211. The lowest BCUT2D eigenvalue weighted by molar-refractivity contribution is -0.142. The predicted octanol–water partition coefficient (Wildman–Crippen LogP) is 2.96. The third-order valence-corrected chi connectivity index (χ3v) is 1.97. The number of para-hydroxylation sites is 1. The van der Waals surface area contributed by atoms with E-state index in [4.69, 9.17) is 5.11 Å². The van der Waals surface area contributed by atoms with Gasteiger partial charge < -0.3 is 5.11 Å². The molecule has 0 saturated heterocycles. The van der Waals surface area contributed by atoms with Gasteiger partial charge in [0.05, 0.1) is 5.52 Å². The number of aromatic hydroxyl groups is 1. The number of halogens is 3. The highest BCUT2D eigenvalue weighted by Gasteiger charge is 2.36. The van der Waals surface area contributed by atoms with Crippen LogP contribution in [0.25, 0.3) is 10.9 Å². The van der Waals surface area contributed by atoms with Crippen LogP contribution in [0, 0.1) is 0 Å². The van der Waals surface area contributed by atoms with Gasteiger partial charge in [0.2, 0.25) is 0 Å². The Labute approximate surface area is 83.0 Å². The van der Waals surface area contributed by atoms with Crippen LogP contribution in [0.5, 0.6) is 5.75 Å². The van der Waals surface area contributed by atoms with Gasteiger partial charge in [0, 0.05) is 5.39 Å². The quantitative estimate of drug-likeness (QED) is 0.729. The van der Waals surface area contributed by atoms with Gasteiger partial charge in [-0.05, 0) is 12.1 Å². The molecule has 0 amide bonds. The molecule has 1 aromatic heterocycles. The van der Waals surface area contributed by atoms with Gasteiger partial charge in [0.15, 0.2) is 5.69 Å². The second-order valence-corrected chi connectivity index (χ2v) is 3.05. The third-order valence-electron chi connectivity index (χ3n) is 1.97. The topological polar surface area (TPSA) is 33.1 Å². The van der Waals surface area contributed by atoms with Gasteiger partial charge in [0.25, 0.3) is 0 Å². The zero-order valence-corrected chi connectivity index (χ0v) is 7.42. The Balaban J connectivity index is 2.73. The molecule has 0 aliphatic heterocycles. The standard InChI is InChI=1S/C10H6F3NO/c11-10(12,13)9-8(15)5-6-3-1-2-4-7(6)14-9/h1-5,15H. The lowest BCUT2D eigenvalue weighted by Gasteiger charge is -2.08. The second kappa shape index (κ2) is 3.12. The number of alkyl halides is 3. The van der Waals surface area contributed by atoms with Crippen LogP contribution in [-0.2, 0) is 6.18 Å². The molecule has 1 N–H and O–H groups in total. The van der Waals surface area contributed by atoms with Crippen LogP contribution in [0.15, 0.2) is 30.3 Å². The zero-order valence-electron chi connectivity index (χ0n) is 7.42. The number of nitrogens with zero attached hydrogens (tertiary/aromatic N) is 1. The second-order valence-electron chi connectivity index (χ2n) is 3.05. The molecule has 2 nitrogen and oxygen atoms in total. The summed E-state index contributed by atoms with van der Waals surface area (Å²) in [4.78, 5) is 3.37. The first-order valence-electron chi connectivity index (χ1n) is 4.14. The van der Waals surface area contributed by atoms with Crippen molar-refractivity contribution in [2.45, 2.75) is 6.18 Å². The van der Waals surface area contributed by atoms with Crippen LogP contribution in [0.3, 0.4) is 0 Å². The molecular formula is C10H6F3NO. The summed E-state index contributed by atoms with van der Waals surface area (Å²) < 4.78 is 37.1. The number of aromatic nitrogens is 1. The fraction of sp³-hybridized carbons (Fsp3) is 0.100. The maximum Gasteiger partial charge on any atom is 0.437 e. The van der Waals surface area contributed by atoms with Crippen molar-refractivity contribution in [2.24, 2.45) is 0 Å². The maximum absolute atomic E-state index is 12.4. The minimum atomic E-state index is -4.63. The van der Waals surface area contributed by atoms with Crippen LogP contribution in [0.4, 0.5) is 13.2 Å². The van der Waals surface area contributed by atoms with Gasteiger partial charge in [-0.1, -0.05) is 18.2 Å². The van der Waals surface area contributed by atoms with E-state index in [1.54, 1.807) is 18.2 Å². The van der Waals surface area contributed by atoms with Gasteiger partial charge in [0.1, 0.15) is 5.75 Å². The first-order valence-corrected chi connectivity index (χ1v) is 4.14. The molecule has 0 aliphatic carbocycles. The fourth-order valence-corrected chi connectivity index (χ4v) is 1.31. The number of rotatable bonds is 0. The van der Waals surface area contributed by atoms with E-state index in [1.807, 2.05) is 0 Å². The molecule has 0 spiro atoms. The van der Waals surface area contributed by atoms with Crippen molar-refractivity contribution in [1.82, 2.24) is 4.98 Å². The summed E-state index contributed by atoms with van der Waals surface area (Å²) in [6.45, 7) is 0. The van der Waals surface area contributed by atoms with E-state index in [0.29, 0.717) is 5.39 Å². The van der Waals surface area contributed by atoms with E-state index in [2.05, 4.69) is 4.98 Å². The minimum Gasteiger partial charge on any atom is -0.506 e. The number of hydrogen-bond acceptors (Lipinski definition) is 2. The molecule has 0 radical (unpaired) electrons. The normalized spacial score (nSPS) is 11.9. The maximum atomic E-state index is 12.4. The Morgan fingerprint density at radius 1 is 1.13 bits per heavy atom. The predicted molar refractivity (Wildman–Crippen MR) is 48.4 cm³/mol. The molecule has 0 saturated carbocycles. The molecule has 0 bridgehead atoms. The van der Waals surface area contributed by atoms with Gasteiger partial charge in [-0.15, -0.1) is 0 Å². The summed E-state index contributed by atoms with van der Waals surface area (Å²) in [5, 5.41) is 9.64. The highest BCUT2D eigenvalue weighted by molar-refractivity contribution is 5.80. The summed E-state index contributed by atoms with van der Waals surface area (Å²) in [7, 11) is 0. The Kier molecular flexibility index (Phi) is 2.03. The number of hydrogen-bond donors (Lipinski definition) is 1. The van der Waals surface area contributed by atoms with Crippen molar-refractivity contribution >= 4 is 10.9 Å². The molecule has 2 aromatic rings. The SMILES string of the molecule is Oc1cc2ccccc2nc1C(F)(F)F. The van der Waals surface area contributed by atoms with Gasteiger partial charge in [-0.2, -0.15) is 13.2 Å². The molecular weight excluding hydrogens is 207 g/mol. The number of benzene rings is 1. The van der Waals surface area contributed by atoms with Crippen molar-refractivity contribution in [1.29, 1.82) is 0 Å². The average molecular weight is 213 g/mol. The Bertz CT molecular complexity index is 507. The van der Waals surface area contributed by atoms with Crippen LogP contribution >= 0.6 is 0 Å². The fourth-order valence-electron chi connectivity index (χ4n) is 1.31. The van der Waals surface area contributed by atoms with E-state index in [-0.39, 0.29) is 5.52 Å². The van der Waals surface area contributed by atoms with Crippen molar-refractivity contribution in [3.8, 4) is 5.75 Å². The highest BCUT2D eigenvalue weighted by atomic mass is 19.4. The zero-order chi connectivity index (χ0) is 11.1. The van der Waals surface area contributed by atoms with Crippen LogP contribution in [0.1, 0.15) is 5.69 Å². The van der Waals surface area contributed by atoms with Crippen molar-refractivity contribution in [3.05, 3.63) is 36.0 Å². The molecule has 15 heavy (non-hydrogen) atoms. The van der Waals surface area contributed by atoms with Crippen LogP contribution < -0.4 is 0 Å². The highest BCUT2D eigenvalue weighted by Crippen LogP contribution is 2.35. The van der Waals surface area contributed by atoms with E-state index >= 15 is 0 Å². The molecule has 0 aliphatic rings. The smallest absolute Gasteiger partial charge is 0.437 e. The van der Waals surface area contributed by atoms with E-state index in [9.17, 15) is 13.2 Å². The number of fused-ring (bicyclic) bond motifs is 1. The lowest BCUT2D eigenvalue weighted by atomic mass is 10.2. The van der Waals surface area contributed by atoms with Crippen LogP contribution in [-0.4, -0.2) is 10.1 Å². The lowest BCUT2D eigenvalue weighted by Crippen LogP contribution is -2.08.